The predicted octanol–water partition coefficient (Wildman–Crippen LogP) is 2.70. The Morgan fingerprint density at radius 1 is 1.35 bits per heavy atom. The molecule has 0 saturated carbocycles. The second-order valence-corrected chi connectivity index (χ2v) is 8.93. The smallest absolute Gasteiger partial charge is 0.237 e. The number of amides is 1. The summed E-state index contributed by atoms with van der Waals surface area (Å²) in [7, 11) is 1.48. The summed E-state index contributed by atoms with van der Waals surface area (Å²) in [5, 5.41) is -0.966. The van der Waals surface area contributed by atoms with E-state index in [-0.39, 0.29) is 24.4 Å². The quantitative estimate of drug-likeness (QED) is 0.530. The molecule has 9 heteroatoms. The maximum absolute atomic E-state index is 12.0. The third-order valence-electron chi connectivity index (χ3n) is 2.94. The normalized spacial score (nSPS) is 19.4. The average Bonchev–Trinajstić information content (AvgIpc) is 2.70. The van der Waals surface area contributed by atoms with Gasteiger partial charge in [0.15, 0.2) is 6.29 Å². The summed E-state index contributed by atoms with van der Waals surface area (Å²) in [6, 6.07) is 3.24. The highest BCUT2D eigenvalue weighted by Crippen LogP contribution is 2.36. The number of rotatable bonds is 3. The molecule has 1 fully saturated rings. The van der Waals surface area contributed by atoms with Gasteiger partial charge in [0.05, 0.1) is 5.69 Å². The Kier molecular flexibility index (Phi) is 4.58. The minimum atomic E-state index is -3.82. The van der Waals surface area contributed by atoms with Crippen molar-refractivity contribution in [2.45, 2.75) is 11.7 Å². The Morgan fingerprint density at radius 2 is 2.00 bits per heavy atom. The molecule has 1 aliphatic heterocycles. The number of carbonyl (C=O) groups excluding carboxylic acids is 2. The van der Waals surface area contributed by atoms with Crippen molar-refractivity contribution in [1.82, 2.24) is 0 Å². The third kappa shape index (κ3) is 3.08. The van der Waals surface area contributed by atoms with Gasteiger partial charge in [-0.2, -0.15) is 0 Å². The van der Waals surface area contributed by atoms with Gasteiger partial charge in [0.25, 0.3) is 0 Å². The molecule has 5 nitrogen and oxygen atoms in total. The van der Waals surface area contributed by atoms with Gasteiger partial charge >= 0.3 is 0 Å². The Bertz CT molecular complexity index is 692. The Hall–Kier alpha value is -0.440. The number of benzene rings is 1. The standard InChI is InChI=1S/C11H8Br2ClNO4S/c12-7-1-6(5-16)11(9(13)2-7)15-4-8(3-10(15)17)20(14,18)19/h1-2,5,8H,3-4H2. The highest BCUT2D eigenvalue weighted by molar-refractivity contribution is 9.11. The Morgan fingerprint density at radius 3 is 2.50 bits per heavy atom. The molecule has 1 heterocycles. The van der Waals surface area contributed by atoms with E-state index in [2.05, 4.69) is 31.9 Å². The van der Waals surface area contributed by atoms with E-state index in [1.165, 1.54) is 4.90 Å². The monoisotopic (exact) mass is 443 g/mol. The lowest BCUT2D eigenvalue weighted by atomic mass is 10.2. The number of carbonyl (C=O) groups is 2. The van der Waals surface area contributed by atoms with E-state index in [1.54, 1.807) is 12.1 Å². The van der Waals surface area contributed by atoms with Gasteiger partial charge in [-0.3, -0.25) is 9.59 Å². The van der Waals surface area contributed by atoms with Crippen LogP contribution in [0.1, 0.15) is 16.8 Å². The number of anilines is 1. The fraction of sp³-hybridized carbons (Fsp3) is 0.273. The molecule has 1 aromatic carbocycles. The van der Waals surface area contributed by atoms with Crippen LogP contribution in [-0.4, -0.2) is 32.4 Å². The third-order valence-corrected chi connectivity index (χ3v) is 5.87. The van der Waals surface area contributed by atoms with E-state index in [4.69, 9.17) is 10.7 Å². The molecular formula is C11H8Br2ClNO4S. The van der Waals surface area contributed by atoms with Crippen molar-refractivity contribution in [1.29, 1.82) is 0 Å². The molecule has 1 atom stereocenters. The summed E-state index contributed by atoms with van der Waals surface area (Å²) < 4.78 is 23.9. The maximum Gasteiger partial charge on any atom is 0.237 e. The summed E-state index contributed by atoms with van der Waals surface area (Å²) in [6.45, 7) is -0.0638. The minimum absolute atomic E-state index is 0.0638. The second kappa shape index (κ2) is 5.75. The lowest BCUT2D eigenvalue weighted by Gasteiger charge is -2.20. The van der Waals surface area contributed by atoms with Gasteiger partial charge in [0, 0.05) is 38.2 Å². The average molecular weight is 446 g/mol. The lowest BCUT2D eigenvalue weighted by molar-refractivity contribution is -0.117. The van der Waals surface area contributed by atoms with Crippen LogP contribution in [0.4, 0.5) is 5.69 Å². The summed E-state index contributed by atoms with van der Waals surface area (Å²) in [6.07, 6.45) is 0.424. The molecule has 0 bridgehead atoms. The van der Waals surface area contributed by atoms with Crippen LogP contribution in [0, 0.1) is 0 Å². The van der Waals surface area contributed by atoms with Gasteiger partial charge in [-0.05, 0) is 28.1 Å². The van der Waals surface area contributed by atoms with Crippen LogP contribution in [0.2, 0.25) is 0 Å². The van der Waals surface area contributed by atoms with Gasteiger partial charge in [0.1, 0.15) is 5.25 Å². The SMILES string of the molecule is O=Cc1cc(Br)cc(Br)c1N1CC(S(=O)(=O)Cl)CC1=O. The summed E-state index contributed by atoms with van der Waals surface area (Å²) in [5.41, 5.74) is 0.642. The van der Waals surface area contributed by atoms with E-state index in [1.807, 2.05) is 0 Å². The molecule has 108 valence electrons. The van der Waals surface area contributed by atoms with Crippen molar-refractivity contribution in [2.24, 2.45) is 0 Å². The Labute approximate surface area is 137 Å². The van der Waals surface area contributed by atoms with E-state index in [9.17, 15) is 18.0 Å². The van der Waals surface area contributed by atoms with E-state index in [0.29, 0.717) is 20.9 Å². The number of nitrogens with zero attached hydrogens (tertiary/aromatic N) is 1. The molecule has 0 aromatic heterocycles. The molecule has 1 saturated heterocycles. The van der Waals surface area contributed by atoms with Crippen molar-refractivity contribution in [3.8, 4) is 0 Å². The van der Waals surface area contributed by atoms with Crippen molar-refractivity contribution < 1.29 is 18.0 Å². The number of hydrogen-bond donors (Lipinski definition) is 0. The molecule has 1 amide bonds. The van der Waals surface area contributed by atoms with Gasteiger partial charge in [-0.15, -0.1) is 0 Å². The first-order chi connectivity index (χ1) is 9.24. The van der Waals surface area contributed by atoms with E-state index < -0.39 is 14.3 Å². The van der Waals surface area contributed by atoms with Crippen molar-refractivity contribution >= 4 is 69.5 Å². The summed E-state index contributed by atoms with van der Waals surface area (Å²) in [5.74, 6) is -0.384. The van der Waals surface area contributed by atoms with Crippen LogP contribution >= 0.6 is 42.5 Å². The zero-order valence-electron chi connectivity index (χ0n) is 9.85. The van der Waals surface area contributed by atoms with Crippen molar-refractivity contribution in [2.75, 3.05) is 11.4 Å². The zero-order valence-corrected chi connectivity index (χ0v) is 14.6. The van der Waals surface area contributed by atoms with Crippen molar-refractivity contribution in [3.05, 3.63) is 26.6 Å². The van der Waals surface area contributed by atoms with Crippen LogP contribution in [0.5, 0.6) is 0 Å². The maximum atomic E-state index is 12.0. The van der Waals surface area contributed by atoms with Gasteiger partial charge in [-0.1, -0.05) is 15.9 Å². The van der Waals surface area contributed by atoms with Crippen LogP contribution in [-0.2, 0) is 13.8 Å². The zero-order chi connectivity index (χ0) is 15.1. The Balaban J connectivity index is 2.48. The topological polar surface area (TPSA) is 71.5 Å². The van der Waals surface area contributed by atoms with Crippen LogP contribution < -0.4 is 4.90 Å². The minimum Gasteiger partial charge on any atom is -0.309 e. The van der Waals surface area contributed by atoms with Crippen LogP contribution in [0.15, 0.2) is 21.1 Å². The van der Waals surface area contributed by atoms with Crippen molar-refractivity contribution in [3.63, 3.8) is 0 Å². The molecule has 0 aliphatic carbocycles. The second-order valence-electron chi connectivity index (χ2n) is 4.25. The molecule has 0 radical (unpaired) electrons. The first kappa shape index (κ1) is 15.9. The number of aldehydes is 1. The number of hydrogen-bond acceptors (Lipinski definition) is 4. The largest absolute Gasteiger partial charge is 0.309 e. The molecule has 20 heavy (non-hydrogen) atoms. The van der Waals surface area contributed by atoms with Gasteiger partial charge < -0.3 is 4.90 Å². The van der Waals surface area contributed by atoms with E-state index >= 15 is 0 Å². The summed E-state index contributed by atoms with van der Waals surface area (Å²) >= 11 is 6.53. The first-order valence-corrected chi connectivity index (χ1v) is 9.38. The van der Waals surface area contributed by atoms with E-state index in [0.717, 1.165) is 0 Å². The molecule has 1 aromatic rings. The first-order valence-electron chi connectivity index (χ1n) is 5.42. The molecule has 0 N–H and O–H groups in total. The fourth-order valence-corrected chi connectivity index (χ4v) is 4.54. The van der Waals surface area contributed by atoms with Crippen LogP contribution in [0.3, 0.4) is 0 Å². The molecule has 0 spiro atoms. The fourth-order valence-electron chi connectivity index (χ4n) is 2.04. The molecular weight excluding hydrogens is 437 g/mol. The van der Waals surface area contributed by atoms with Gasteiger partial charge in [0.2, 0.25) is 15.0 Å². The molecule has 1 aliphatic rings. The summed E-state index contributed by atoms with van der Waals surface area (Å²) in [4.78, 5) is 24.4. The molecule has 2 rings (SSSR count). The number of halogens is 3. The molecule has 1 unspecified atom stereocenters. The van der Waals surface area contributed by atoms with Gasteiger partial charge in [-0.25, -0.2) is 8.42 Å². The highest BCUT2D eigenvalue weighted by atomic mass is 79.9. The lowest BCUT2D eigenvalue weighted by Crippen LogP contribution is -2.28. The predicted molar refractivity (Wildman–Crippen MR) is 82.8 cm³/mol. The van der Waals surface area contributed by atoms with Crippen LogP contribution in [0.25, 0.3) is 0 Å². The highest BCUT2D eigenvalue weighted by Gasteiger charge is 2.39.